The fourth-order valence-electron chi connectivity index (χ4n) is 2.26. The Bertz CT molecular complexity index is 971. The number of nitrogens with zero attached hydrogens (tertiary/aromatic N) is 2. The molecule has 0 bridgehead atoms. The molecule has 2 aromatic carbocycles. The number of carbonyl (C=O) groups excluding carboxylic acids is 1. The summed E-state index contributed by atoms with van der Waals surface area (Å²) in [5.74, 6) is 0.526. The molecule has 0 atom stereocenters. The van der Waals surface area contributed by atoms with Crippen molar-refractivity contribution in [2.75, 3.05) is 19.5 Å². The van der Waals surface area contributed by atoms with Crippen molar-refractivity contribution in [3.8, 4) is 22.1 Å². The van der Waals surface area contributed by atoms with Gasteiger partial charge in [0.15, 0.2) is 11.5 Å². The van der Waals surface area contributed by atoms with Gasteiger partial charge in [-0.25, -0.2) is 4.39 Å². The zero-order valence-electron chi connectivity index (χ0n) is 14.6. The third-order valence-corrected chi connectivity index (χ3v) is 4.47. The SMILES string of the molecule is COc1ccc(/C=C/C(=O)Nc2nnc(-c3ccc(F)cc3)s2)cc1OC. The number of carbonyl (C=O) groups is 1. The van der Waals surface area contributed by atoms with Crippen molar-refractivity contribution in [3.05, 3.63) is 59.9 Å². The van der Waals surface area contributed by atoms with Crippen LogP contribution in [-0.4, -0.2) is 30.3 Å². The van der Waals surface area contributed by atoms with E-state index in [-0.39, 0.29) is 11.7 Å². The third kappa shape index (κ3) is 4.68. The molecule has 0 aliphatic carbocycles. The number of hydrogen-bond acceptors (Lipinski definition) is 6. The van der Waals surface area contributed by atoms with Crippen molar-refractivity contribution in [1.82, 2.24) is 10.2 Å². The number of benzene rings is 2. The highest BCUT2D eigenvalue weighted by Crippen LogP contribution is 2.28. The van der Waals surface area contributed by atoms with Crippen LogP contribution in [0.5, 0.6) is 11.5 Å². The molecule has 6 nitrogen and oxygen atoms in total. The summed E-state index contributed by atoms with van der Waals surface area (Å²) < 4.78 is 23.4. The molecule has 27 heavy (non-hydrogen) atoms. The van der Waals surface area contributed by atoms with E-state index in [2.05, 4.69) is 15.5 Å². The van der Waals surface area contributed by atoms with Crippen LogP contribution in [0, 0.1) is 5.82 Å². The first-order chi connectivity index (χ1) is 13.1. The molecule has 1 N–H and O–H groups in total. The van der Waals surface area contributed by atoms with Crippen LogP contribution in [0.1, 0.15) is 5.56 Å². The number of aromatic nitrogens is 2. The molecule has 1 heterocycles. The number of rotatable bonds is 6. The van der Waals surface area contributed by atoms with Crippen molar-refractivity contribution < 1.29 is 18.7 Å². The van der Waals surface area contributed by atoms with Gasteiger partial charge in [-0.2, -0.15) is 0 Å². The quantitative estimate of drug-likeness (QED) is 0.649. The lowest BCUT2D eigenvalue weighted by molar-refractivity contribution is -0.111. The minimum atomic E-state index is -0.341. The molecule has 8 heteroatoms. The van der Waals surface area contributed by atoms with Crippen LogP contribution in [0.4, 0.5) is 9.52 Å². The maximum Gasteiger partial charge on any atom is 0.250 e. The van der Waals surface area contributed by atoms with Gasteiger partial charge >= 0.3 is 0 Å². The van der Waals surface area contributed by atoms with Crippen molar-refractivity contribution in [1.29, 1.82) is 0 Å². The van der Waals surface area contributed by atoms with Crippen molar-refractivity contribution in [2.45, 2.75) is 0 Å². The van der Waals surface area contributed by atoms with Gasteiger partial charge in [-0.3, -0.25) is 10.1 Å². The van der Waals surface area contributed by atoms with Crippen molar-refractivity contribution >= 4 is 28.5 Å². The maximum atomic E-state index is 13.0. The minimum Gasteiger partial charge on any atom is -0.493 e. The summed E-state index contributed by atoms with van der Waals surface area (Å²) in [7, 11) is 3.11. The topological polar surface area (TPSA) is 73.3 Å². The molecule has 0 aliphatic heterocycles. The molecule has 0 unspecified atom stereocenters. The first-order valence-corrected chi connectivity index (χ1v) is 8.71. The highest BCUT2D eigenvalue weighted by Gasteiger charge is 2.09. The second-order valence-electron chi connectivity index (χ2n) is 5.36. The third-order valence-electron chi connectivity index (χ3n) is 3.58. The van der Waals surface area contributed by atoms with E-state index >= 15 is 0 Å². The molecular weight excluding hydrogens is 369 g/mol. The van der Waals surface area contributed by atoms with Gasteiger partial charge in [-0.1, -0.05) is 17.4 Å². The number of anilines is 1. The number of ether oxygens (including phenoxy) is 2. The zero-order chi connectivity index (χ0) is 19.2. The Hall–Kier alpha value is -3.26. The smallest absolute Gasteiger partial charge is 0.250 e. The van der Waals surface area contributed by atoms with Gasteiger partial charge in [-0.05, 0) is 48.0 Å². The molecular formula is C19H16FN3O3S. The predicted octanol–water partition coefficient (Wildman–Crippen LogP) is 4.01. The van der Waals surface area contributed by atoms with Gasteiger partial charge in [0.25, 0.3) is 0 Å². The largest absolute Gasteiger partial charge is 0.493 e. The number of hydrogen-bond donors (Lipinski definition) is 1. The average molecular weight is 385 g/mol. The van der Waals surface area contributed by atoms with E-state index in [0.29, 0.717) is 21.6 Å². The van der Waals surface area contributed by atoms with Crippen LogP contribution < -0.4 is 14.8 Å². The van der Waals surface area contributed by atoms with Crippen molar-refractivity contribution in [3.63, 3.8) is 0 Å². The molecule has 0 saturated heterocycles. The van der Waals surface area contributed by atoms with Gasteiger partial charge in [0.2, 0.25) is 11.0 Å². The van der Waals surface area contributed by atoms with Crippen LogP contribution in [0.3, 0.4) is 0 Å². The van der Waals surface area contributed by atoms with E-state index in [4.69, 9.17) is 9.47 Å². The van der Waals surface area contributed by atoms with Gasteiger partial charge < -0.3 is 9.47 Å². The highest BCUT2D eigenvalue weighted by molar-refractivity contribution is 7.18. The van der Waals surface area contributed by atoms with E-state index in [1.807, 2.05) is 6.07 Å². The number of nitrogens with one attached hydrogen (secondary N) is 1. The maximum absolute atomic E-state index is 13.0. The Kier molecular flexibility index (Phi) is 5.77. The molecule has 0 spiro atoms. The van der Waals surface area contributed by atoms with Gasteiger partial charge in [0.1, 0.15) is 10.8 Å². The molecule has 0 aliphatic rings. The number of halogens is 1. The van der Waals surface area contributed by atoms with E-state index in [0.717, 1.165) is 11.1 Å². The monoisotopic (exact) mass is 385 g/mol. The Morgan fingerprint density at radius 3 is 2.52 bits per heavy atom. The molecule has 3 rings (SSSR count). The summed E-state index contributed by atoms with van der Waals surface area (Å²) in [5, 5.41) is 11.5. The minimum absolute atomic E-state index is 0.322. The summed E-state index contributed by atoms with van der Waals surface area (Å²) >= 11 is 1.21. The predicted molar refractivity (Wildman–Crippen MR) is 103 cm³/mol. The summed E-state index contributed by atoms with van der Waals surface area (Å²) in [6.07, 6.45) is 3.04. The fourth-order valence-corrected chi connectivity index (χ4v) is 3.01. The zero-order valence-corrected chi connectivity index (χ0v) is 15.4. The van der Waals surface area contributed by atoms with Crippen LogP contribution >= 0.6 is 11.3 Å². The molecule has 0 radical (unpaired) electrons. The lowest BCUT2D eigenvalue weighted by atomic mass is 10.2. The molecule has 1 aromatic heterocycles. The van der Waals surface area contributed by atoms with E-state index < -0.39 is 0 Å². The van der Waals surface area contributed by atoms with E-state index in [9.17, 15) is 9.18 Å². The van der Waals surface area contributed by atoms with Gasteiger partial charge in [0, 0.05) is 11.6 Å². The lowest BCUT2D eigenvalue weighted by Gasteiger charge is -2.07. The first-order valence-electron chi connectivity index (χ1n) is 7.89. The van der Waals surface area contributed by atoms with Crippen LogP contribution in [0.25, 0.3) is 16.6 Å². The lowest BCUT2D eigenvalue weighted by Crippen LogP contribution is -2.07. The molecule has 138 valence electrons. The second-order valence-corrected chi connectivity index (χ2v) is 6.33. The molecule has 3 aromatic rings. The number of amides is 1. The average Bonchev–Trinajstić information content (AvgIpc) is 3.15. The Morgan fingerprint density at radius 1 is 1.07 bits per heavy atom. The summed E-state index contributed by atoms with van der Waals surface area (Å²) in [6.45, 7) is 0. The van der Waals surface area contributed by atoms with Crippen LogP contribution in [-0.2, 0) is 4.79 Å². The summed E-state index contributed by atoms with van der Waals surface area (Å²) in [6, 6.07) is 11.2. The Labute approximate surface area is 159 Å². The van der Waals surface area contributed by atoms with E-state index in [1.165, 1.54) is 29.5 Å². The van der Waals surface area contributed by atoms with Crippen molar-refractivity contribution in [2.24, 2.45) is 0 Å². The highest BCUT2D eigenvalue weighted by atomic mass is 32.1. The normalized spacial score (nSPS) is 10.8. The first kappa shape index (κ1) is 18.5. The fraction of sp³-hybridized carbons (Fsp3) is 0.105. The standard InChI is InChI=1S/C19H16FN3O3S/c1-25-15-9-3-12(11-16(15)26-2)4-10-17(24)21-19-23-22-18(27-19)13-5-7-14(20)8-6-13/h3-11H,1-2H3,(H,21,23,24)/b10-4+. The Morgan fingerprint density at radius 2 is 1.81 bits per heavy atom. The summed E-state index contributed by atoms with van der Waals surface area (Å²) in [4.78, 5) is 12.1. The molecule has 0 saturated carbocycles. The molecule has 0 fully saturated rings. The Balaban J connectivity index is 1.66. The van der Waals surface area contributed by atoms with E-state index in [1.54, 1.807) is 44.6 Å². The second kappa shape index (κ2) is 8.41. The number of methoxy groups -OCH3 is 2. The summed E-state index contributed by atoms with van der Waals surface area (Å²) in [5.41, 5.74) is 1.52. The van der Waals surface area contributed by atoms with Gasteiger partial charge in [-0.15, -0.1) is 10.2 Å². The van der Waals surface area contributed by atoms with Crippen LogP contribution in [0.15, 0.2) is 48.5 Å². The van der Waals surface area contributed by atoms with Gasteiger partial charge in [0.05, 0.1) is 14.2 Å². The molecule has 1 amide bonds. The van der Waals surface area contributed by atoms with Crippen LogP contribution in [0.2, 0.25) is 0 Å².